The molecule has 0 radical (unpaired) electrons. The summed E-state index contributed by atoms with van der Waals surface area (Å²) in [5, 5.41) is 1.93. The number of ether oxygens (including phenoxy) is 1. The fourth-order valence-corrected chi connectivity index (χ4v) is 4.26. The summed E-state index contributed by atoms with van der Waals surface area (Å²) in [6.07, 6.45) is 3.40. The minimum absolute atomic E-state index is 0.0300. The van der Waals surface area contributed by atoms with Crippen molar-refractivity contribution in [2.24, 2.45) is 0 Å². The Labute approximate surface area is 148 Å². The first kappa shape index (κ1) is 16.3. The lowest BCUT2D eigenvalue weighted by molar-refractivity contribution is 0.0340. The summed E-state index contributed by atoms with van der Waals surface area (Å²) in [7, 11) is 1.61. The zero-order valence-electron chi connectivity index (χ0n) is 14.9. The predicted octanol–water partition coefficient (Wildman–Crippen LogP) is 2.94. The van der Waals surface area contributed by atoms with Crippen molar-refractivity contribution < 1.29 is 9.53 Å². The average molecular weight is 339 g/mol. The number of pyridine rings is 1. The molecule has 1 aromatic carbocycles. The van der Waals surface area contributed by atoms with Crippen molar-refractivity contribution in [2.45, 2.75) is 38.3 Å². The minimum atomic E-state index is 0.0300. The van der Waals surface area contributed by atoms with E-state index in [1.54, 1.807) is 7.11 Å². The number of amides is 1. The fourth-order valence-electron chi connectivity index (χ4n) is 4.26. The summed E-state index contributed by atoms with van der Waals surface area (Å²) >= 11 is 0. The highest BCUT2D eigenvalue weighted by atomic mass is 16.5. The molecule has 0 saturated carbocycles. The summed E-state index contributed by atoms with van der Waals surface area (Å²) in [4.78, 5) is 22.4. The van der Waals surface area contributed by atoms with E-state index in [2.05, 4.69) is 16.8 Å². The zero-order chi connectivity index (χ0) is 17.4. The van der Waals surface area contributed by atoms with E-state index in [0.29, 0.717) is 17.6 Å². The Morgan fingerprint density at radius 3 is 2.96 bits per heavy atom. The molecule has 2 saturated heterocycles. The summed E-state index contributed by atoms with van der Waals surface area (Å²) in [5.74, 6) is 0.552. The SMILES string of the molecule is CCC1CN2CCCC2CN1C(=O)c1cc2ccccc2c(OC)n1. The molecule has 2 unspecified atom stereocenters. The third kappa shape index (κ3) is 2.86. The lowest BCUT2D eigenvalue weighted by Gasteiger charge is -2.43. The van der Waals surface area contributed by atoms with Crippen LogP contribution in [0.3, 0.4) is 0 Å². The number of methoxy groups -OCH3 is 1. The van der Waals surface area contributed by atoms with Crippen LogP contribution in [0, 0.1) is 0 Å². The highest BCUT2D eigenvalue weighted by molar-refractivity contribution is 5.98. The first-order valence-corrected chi connectivity index (χ1v) is 9.20. The van der Waals surface area contributed by atoms with Gasteiger partial charge in [-0.15, -0.1) is 0 Å². The second kappa shape index (κ2) is 6.64. The van der Waals surface area contributed by atoms with Crippen LogP contribution in [0.2, 0.25) is 0 Å². The van der Waals surface area contributed by atoms with Gasteiger partial charge in [-0.2, -0.15) is 0 Å². The molecule has 2 aliphatic rings. The van der Waals surface area contributed by atoms with Gasteiger partial charge in [0.25, 0.3) is 5.91 Å². The van der Waals surface area contributed by atoms with Crippen LogP contribution in [0.25, 0.3) is 10.8 Å². The van der Waals surface area contributed by atoms with E-state index in [-0.39, 0.29) is 11.9 Å². The normalized spacial score (nSPS) is 23.7. The maximum atomic E-state index is 13.3. The number of nitrogens with zero attached hydrogens (tertiary/aromatic N) is 3. The third-order valence-corrected chi connectivity index (χ3v) is 5.64. The number of fused-ring (bicyclic) bond motifs is 2. The van der Waals surface area contributed by atoms with Gasteiger partial charge in [0.1, 0.15) is 5.69 Å². The van der Waals surface area contributed by atoms with Gasteiger partial charge in [0.15, 0.2) is 0 Å². The fraction of sp³-hybridized carbons (Fsp3) is 0.500. The van der Waals surface area contributed by atoms with Gasteiger partial charge < -0.3 is 9.64 Å². The topological polar surface area (TPSA) is 45.7 Å². The van der Waals surface area contributed by atoms with Crippen molar-refractivity contribution in [3.63, 3.8) is 0 Å². The molecule has 132 valence electrons. The van der Waals surface area contributed by atoms with Crippen molar-refractivity contribution in [3.05, 3.63) is 36.0 Å². The molecule has 4 rings (SSSR count). The van der Waals surface area contributed by atoms with Crippen LogP contribution in [0.1, 0.15) is 36.7 Å². The van der Waals surface area contributed by atoms with Crippen LogP contribution in [0.5, 0.6) is 5.88 Å². The van der Waals surface area contributed by atoms with Crippen LogP contribution in [-0.4, -0.2) is 59.5 Å². The van der Waals surface area contributed by atoms with Crippen LogP contribution < -0.4 is 4.74 Å². The molecule has 0 spiro atoms. The van der Waals surface area contributed by atoms with Gasteiger partial charge in [-0.1, -0.05) is 25.1 Å². The number of hydrogen-bond donors (Lipinski definition) is 0. The smallest absolute Gasteiger partial charge is 0.272 e. The molecule has 2 aliphatic heterocycles. The molecular formula is C20H25N3O2. The molecule has 1 aromatic heterocycles. The minimum Gasteiger partial charge on any atom is -0.481 e. The number of aromatic nitrogens is 1. The molecule has 5 heteroatoms. The molecular weight excluding hydrogens is 314 g/mol. The maximum absolute atomic E-state index is 13.3. The van der Waals surface area contributed by atoms with Crippen molar-refractivity contribution in [1.82, 2.24) is 14.8 Å². The highest BCUT2D eigenvalue weighted by Gasteiger charge is 2.38. The molecule has 2 atom stereocenters. The first-order chi connectivity index (χ1) is 12.2. The molecule has 2 fully saturated rings. The van der Waals surface area contributed by atoms with Gasteiger partial charge in [0, 0.05) is 30.6 Å². The Balaban J connectivity index is 1.68. The molecule has 0 bridgehead atoms. The summed E-state index contributed by atoms with van der Waals surface area (Å²) in [6.45, 7) is 5.13. The summed E-state index contributed by atoms with van der Waals surface area (Å²) in [5.41, 5.74) is 0.487. The van der Waals surface area contributed by atoms with E-state index in [1.165, 1.54) is 19.4 Å². The number of carbonyl (C=O) groups excluding carboxylic acids is 1. The van der Waals surface area contributed by atoms with Crippen molar-refractivity contribution in [1.29, 1.82) is 0 Å². The van der Waals surface area contributed by atoms with Gasteiger partial charge >= 0.3 is 0 Å². The molecule has 0 aliphatic carbocycles. The largest absolute Gasteiger partial charge is 0.481 e. The number of hydrogen-bond acceptors (Lipinski definition) is 4. The molecule has 2 aromatic rings. The number of rotatable bonds is 3. The van der Waals surface area contributed by atoms with E-state index in [1.807, 2.05) is 35.2 Å². The second-order valence-electron chi connectivity index (χ2n) is 7.05. The Morgan fingerprint density at radius 1 is 1.32 bits per heavy atom. The summed E-state index contributed by atoms with van der Waals surface area (Å²) < 4.78 is 5.44. The second-order valence-corrected chi connectivity index (χ2v) is 7.05. The van der Waals surface area contributed by atoms with Gasteiger partial charge in [-0.3, -0.25) is 9.69 Å². The van der Waals surface area contributed by atoms with Gasteiger partial charge in [0.2, 0.25) is 5.88 Å². The van der Waals surface area contributed by atoms with Crippen LogP contribution in [0.4, 0.5) is 0 Å². The van der Waals surface area contributed by atoms with Crippen molar-refractivity contribution in [3.8, 4) is 5.88 Å². The van der Waals surface area contributed by atoms with Crippen molar-refractivity contribution >= 4 is 16.7 Å². The van der Waals surface area contributed by atoms with E-state index in [4.69, 9.17) is 4.74 Å². The van der Waals surface area contributed by atoms with Gasteiger partial charge in [0.05, 0.1) is 7.11 Å². The first-order valence-electron chi connectivity index (χ1n) is 9.20. The van der Waals surface area contributed by atoms with Crippen molar-refractivity contribution in [2.75, 3.05) is 26.7 Å². The molecule has 0 N–H and O–H groups in total. The maximum Gasteiger partial charge on any atom is 0.272 e. The zero-order valence-corrected chi connectivity index (χ0v) is 14.9. The van der Waals surface area contributed by atoms with E-state index >= 15 is 0 Å². The predicted molar refractivity (Wildman–Crippen MR) is 98.0 cm³/mol. The quantitative estimate of drug-likeness (QED) is 0.862. The highest BCUT2D eigenvalue weighted by Crippen LogP contribution is 2.29. The van der Waals surface area contributed by atoms with Crippen LogP contribution in [0.15, 0.2) is 30.3 Å². The average Bonchev–Trinajstić information content (AvgIpc) is 3.12. The number of carbonyl (C=O) groups is 1. The van der Waals surface area contributed by atoms with Crippen LogP contribution >= 0.6 is 0 Å². The lowest BCUT2D eigenvalue weighted by Crippen LogP contribution is -2.57. The summed E-state index contributed by atoms with van der Waals surface area (Å²) in [6, 6.07) is 10.6. The van der Waals surface area contributed by atoms with E-state index in [9.17, 15) is 4.79 Å². The number of piperazine rings is 1. The Kier molecular flexibility index (Phi) is 4.34. The van der Waals surface area contributed by atoms with Crippen LogP contribution in [-0.2, 0) is 0 Å². The lowest BCUT2D eigenvalue weighted by atomic mass is 10.0. The Morgan fingerprint density at radius 2 is 2.16 bits per heavy atom. The molecule has 1 amide bonds. The monoisotopic (exact) mass is 339 g/mol. The van der Waals surface area contributed by atoms with Gasteiger partial charge in [-0.05, 0) is 43.3 Å². The third-order valence-electron chi connectivity index (χ3n) is 5.64. The molecule has 3 heterocycles. The molecule has 25 heavy (non-hydrogen) atoms. The van der Waals surface area contributed by atoms with E-state index < -0.39 is 0 Å². The standard InChI is InChI=1S/C20H25N3O2/c1-3-15-12-22-10-6-8-16(22)13-23(15)20(24)18-11-14-7-4-5-9-17(14)19(21-18)25-2/h4-5,7,9,11,15-16H,3,6,8,10,12-13H2,1-2H3. The Hall–Kier alpha value is -2.14. The Bertz CT molecular complexity index is 792. The van der Waals surface area contributed by atoms with Gasteiger partial charge in [-0.25, -0.2) is 4.98 Å². The molecule has 5 nitrogen and oxygen atoms in total. The van der Waals surface area contributed by atoms with E-state index in [0.717, 1.165) is 30.3 Å². The number of benzene rings is 1.